The van der Waals surface area contributed by atoms with Crippen molar-refractivity contribution in [3.8, 4) is 0 Å². The fraction of sp³-hybridized carbons (Fsp3) is 0.138. The van der Waals surface area contributed by atoms with E-state index in [2.05, 4.69) is 31.9 Å². The highest BCUT2D eigenvalue weighted by Crippen LogP contribution is 2.34. The number of anilines is 1. The quantitative estimate of drug-likeness (QED) is 0.232. The highest BCUT2D eigenvalue weighted by molar-refractivity contribution is 9.11. The summed E-state index contributed by atoms with van der Waals surface area (Å²) in [6.07, 6.45) is 0. The monoisotopic (exact) mass is 604 g/mol. The fourth-order valence-electron chi connectivity index (χ4n) is 4.73. The van der Waals surface area contributed by atoms with Crippen molar-refractivity contribution >= 4 is 66.0 Å². The van der Waals surface area contributed by atoms with E-state index in [0.717, 1.165) is 26.7 Å². The Balaban J connectivity index is 1.52. The van der Waals surface area contributed by atoms with Crippen molar-refractivity contribution in [3.63, 3.8) is 0 Å². The van der Waals surface area contributed by atoms with Gasteiger partial charge >= 0.3 is 0 Å². The van der Waals surface area contributed by atoms with Crippen LogP contribution in [0, 0.1) is 13.8 Å². The first kappa shape index (κ1) is 24.4. The zero-order chi connectivity index (χ0) is 25.6. The van der Waals surface area contributed by atoms with E-state index < -0.39 is 0 Å². The number of rotatable bonds is 5. The highest BCUT2D eigenvalue weighted by atomic mass is 79.9. The molecular weight excluding hydrogens is 584 g/mol. The smallest absolute Gasteiger partial charge is 0.261 e. The average molecular weight is 606 g/mol. The third-order valence-corrected chi connectivity index (χ3v) is 7.86. The lowest BCUT2D eigenvalue weighted by Gasteiger charge is -2.31. The van der Waals surface area contributed by atoms with Gasteiger partial charge < -0.3 is 4.90 Å². The standard InChI is InChI=1S/C29H22Br2N2O3/c1-17-10-13-25(18(2)16-17)32(27(34)20-6-3-4-9-23(20)30)14-15-33-28(35)21-8-5-7-19-24(31)12-11-22(26(19)21)29(33)36/h3-13,16H,14-15H2,1-2H3. The summed E-state index contributed by atoms with van der Waals surface area (Å²) in [6, 6.07) is 22.1. The second kappa shape index (κ2) is 9.64. The van der Waals surface area contributed by atoms with Gasteiger partial charge in [-0.05, 0) is 77.1 Å². The molecule has 1 aliphatic rings. The van der Waals surface area contributed by atoms with E-state index in [-0.39, 0.29) is 30.8 Å². The second-order valence-corrected chi connectivity index (χ2v) is 10.5. The van der Waals surface area contributed by atoms with Gasteiger partial charge in [0.15, 0.2) is 0 Å². The summed E-state index contributed by atoms with van der Waals surface area (Å²) in [5.74, 6) is -0.923. The zero-order valence-corrected chi connectivity index (χ0v) is 22.9. The minimum Gasteiger partial charge on any atom is -0.306 e. The number of hydrogen-bond donors (Lipinski definition) is 0. The van der Waals surface area contributed by atoms with Crippen molar-refractivity contribution in [3.05, 3.63) is 110 Å². The van der Waals surface area contributed by atoms with Gasteiger partial charge in [0.25, 0.3) is 17.7 Å². The predicted octanol–water partition coefficient (Wildman–Crippen LogP) is 6.92. The molecule has 0 saturated heterocycles. The molecule has 4 aromatic rings. The van der Waals surface area contributed by atoms with Crippen LogP contribution in [0.2, 0.25) is 0 Å². The average Bonchev–Trinajstić information content (AvgIpc) is 2.86. The van der Waals surface area contributed by atoms with Gasteiger partial charge in [0.05, 0.1) is 5.56 Å². The van der Waals surface area contributed by atoms with Gasteiger partial charge in [-0.15, -0.1) is 0 Å². The van der Waals surface area contributed by atoms with Gasteiger partial charge in [0.2, 0.25) is 0 Å². The maximum atomic E-state index is 13.7. The normalized spacial score (nSPS) is 12.8. The van der Waals surface area contributed by atoms with Crippen LogP contribution in [-0.2, 0) is 0 Å². The number of halogens is 2. The zero-order valence-electron chi connectivity index (χ0n) is 19.7. The summed E-state index contributed by atoms with van der Waals surface area (Å²) in [7, 11) is 0. The van der Waals surface area contributed by atoms with Gasteiger partial charge in [0.1, 0.15) is 0 Å². The number of nitrogens with zero attached hydrogens (tertiary/aromatic N) is 2. The van der Waals surface area contributed by atoms with Crippen LogP contribution in [0.4, 0.5) is 5.69 Å². The van der Waals surface area contributed by atoms with Crippen LogP contribution in [0.1, 0.15) is 42.2 Å². The van der Waals surface area contributed by atoms with Gasteiger partial charge in [0, 0.05) is 44.2 Å². The Labute approximate surface area is 226 Å². The van der Waals surface area contributed by atoms with Crippen LogP contribution in [0.5, 0.6) is 0 Å². The van der Waals surface area contributed by atoms with E-state index in [1.54, 1.807) is 23.1 Å². The summed E-state index contributed by atoms with van der Waals surface area (Å²) < 4.78 is 1.51. The van der Waals surface area contributed by atoms with Gasteiger partial charge in [-0.25, -0.2) is 0 Å². The third-order valence-electron chi connectivity index (χ3n) is 6.48. The number of benzene rings is 4. The Hall–Kier alpha value is -3.29. The molecule has 7 heteroatoms. The number of hydrogen-bond acceptors (Lipinski definition) is 3. The molecule has 1 aliphatic heterocycles. The van der Waals surface area contributed by atoms with Crippen molar-refractivity contribution in [1.82, 2.24) is 4.90 Å². The number of amides is 3. The summed E-state index contributed by atoms with van der Waals surface area (Å²) in [4.78, 5) is 43.5. The SMILES string of the molecule is Cc1ccc(N(CCN2C(=O)c3cccc4c(Br)ccc(c34)C2=O)C(=O)c2ccccc2Br)c(C)c1. The van der Waals surface area contributed by atoms with Crippen molar-refractivity contribution in [2.24, 2.45) is 0 Å². The molecule has 0 N–H and O–H groups in total. The summed E-state index contributed by atoms with van der Waals surface area (Å²) in [5, 5.41) is 1.49. The molecule has 0 bridgehead atoms. The maximum Gasteiger partial charge on any atom is 0.261 e. The molecule has 0 aliphatic carbocycles. The number of aryl methyl sites for hydroxylation is 2. The molecule has 36 heavy (non-hydrogen) atoms. The lowest BCUT2D eigenvalue weighted by molar-refractivity contribution is 0.0611. The van der Waals surface area contributed by atoms with E-state index in [4.69, 9.17) is 0 Å². The Morgan fingerprint density at radius 3 is 2.28 bits per heavy atom. The van der Waals surface area contributed by atoms with Crippen LogP contribution in [0.3, 0.4) is 0 Å². The van der Waals surface area contributed by atoms with Gasteiger partial charge in [-0.2, -0.15) is 0 Å². The maximum absolute atomic E-state index is 13.7. The molecule has 5 rings (SSSR count). The molecule has 0 saturated carbocycles. The minimum atomic E-state index is -0.356. The van der Waals surface area contributed by atoms with Crippen LogP contribution in [0.15, 0.2) is 81.7 Å². The third kappa shape index (κ3) is 4.16. The van der Waals surface area contributed by atoms with Crippen molar-refractivity contribution in [1.29, 1.82) is 0 Å². The van der Waals surface area contributed by atoms with E-state index >= 15 is 0 Å². The summed E-state index contributed by atoms with van der Waals surface area (Å²) in [5.41, 5.74) is 4.24. The highest BCUT2D eigenvalue weighted by Gasteiger charge is 2.34. The number of carbonyl (C=O) groups is 3. The Bertz CT molecular complexity index is 1540. The minimum absolute atomic E-state index is 0.0626. The Kier molecular flexibility index (Phi) is 6.53. The molecule has 0 fully saturated rings. The molecule has 4 aromatic carbocycles. The number of imide groups is 1. The van der Waals surface area contributed by atoms with Crippen molar-refractivity contribution in [2.75, 3.05) is 18.0 Å². The first-order chi connectivity index (χ1) is 17.3. The van der Waals surface area contributed by atoms with Crippen molar-refractivity contribution in [2.45, 2.75) is 13.8 Å². The Morgan fingerprint density at radius 1 is 0.833 bits per heavy atom. The molecule has 0 atom stereocenters. The molecule has 0 spiro atoms. The molecule has 1 heterocycles. The van der Waals surface area contributed by atoms with Gasteiger partial charge in [-0.1, -0.05) is 57.9 Å². The Morgan fingerprint density at radius 2 is 1.56 bits per heavy atom. The van der Waals surface area contributed by atoms with E-state index in [1.807, 2.05) is 68.4 Å². The topological polar surface area (TPSA) is 57.7 Å². The molecule has 0 radical (unpaired) electrons. The van der Waals surface area contributed by atoms with Crippen LogP contribution < -0.4 is 4.90 Å². The largest absolute Gasteiger partial charge is 0.306 e. The van der Waals surface area contributed by atoms with E-state index in [0.29, 0.717) is 26.5 Å². The molecule has 5 nitrogen and oxygen atoms in total. The predicted molar refractivity (Wildman–Crippen MR) is 149 cm³/mol. The summed E-state index contributed by atoms with van der Waals surface area (Å²) in [6.45, 7) is 4.17. The molecular formula is C29H22Br2N2O3. The van der Waals surface area contributed by atoms with Crippen LogP contribution in [0.25, 0.3) is 10.8 Å². The number of carbonyl (C=O) groups excluding carboxylic acids is 3. The van der Waals surface area contributed by atoms with E-state index in [1.165, 1.54) is 4.90 Å². The molecule has 0 unspecified atom stereocenters. The molecule has 3 amide bonds. The van der Waals surface area contributed by atoms with Crippen LogP contribution >= 0.6 is 31.9 Å². The molecule has 0 aromatic heterocycles. The lowest BCUT2D eigenvalue weighted by Crippen LogP contribution is -2.46. The first-order valence-electron chi connectivity index (χ1n) is 11.5. The molecule has 180 valence electrons. The van der Waals surface area contributed by atoms with Gasteiger partial charge in [-0.3, -0.25) is 19.3 Å². The second-order valence-electron chi connectivity index (χ2n) is 8.81. The van der Waals surface area contributed by atoms with Crippen LogP contribution in [-0.4, -0.2) is 35.7 Å². The van der Waals surface area contributed by atoms with E-state index in [9.17, 15) is 14.4 Å². The van der Waals surface area contributed by atoms with Crippen molar-refractivity contribution < 1.29 is 14.4 Å². The summed E-state index contributed by atoms with van der Waals surface area (Å²) >= 11 is 7.01. The first-order valence-corrected chi connectivity index (χ1v) is 13.1. The lowest BCUT2D eigenvalue weighted by atomic mass is 9.94. The fourth-order valence-corrected chi connectivity index (χ4v) is 5.65.